The third kappa shape index (κ3) is 6.13. The minimum Gasteiger partial charge on any atom is -0.389 e. The van der Waals surface area contributed by atoms with Gasteiger partial charge in [-0.1, -0.05) is 6.07 Å². The van der Waals surface area contributed by atoms with Gasteiger partial charge in [0.1, 0.15) is 4.21 Å². The van der Waals surface area contributed by atoms with E-state index in [0.717, 1.165) is 25.9 Å². The van der Waals surface area contributed by atoms with E-state index in [2.05, 4.69) is 9.62 Å². The van der Waals surface area contributed by atoms with Crippen LogP contribution in [0.25, 0.3) is 0 Å². The van der Waals surface area contributed by atoms with Crippen molar-refractivity contribution in [2.45, 2.75) is 49.1 Å². The van der Waals surface area contributed by atoms with Crippen LogP contribution in [-0.2, 0) is 14.8 Å². The molecule has 132 valence electrons. The van der Waals surface area contributed by atoms with Gasteiger partial charge in [-0.25, -0.2) is 13.1 Å². The van der Waals surface area contributed by atoms with Gasteiger partial charge in [-0.2, -0.15) is 0 Å². The van der Waals surface area contributed by atoms with Gasteiger partial charge in [-0.3, -0.25) is 0 Å². The second kappa shape index (κ2) is 8.55. The normalized spacial score (nSPS) is 19.3. The van der Waals surface area contributed by atoms with Crippen molar-refractivity contribution in [2.24, 2.45) is 0 Å². The summed E-state index contributed by atoms with van der Waals surface area (Å²) in [5.41, 5.74) is 0. The monoisotopic (exact) mass is 362 g/mol. The highest BCUT2D eigenvalue weighted by Gasteiger charge is 2.26. The minimum atomic E-state index is -3.39. The number of rotatable bonds is 8. The summed E-state index contributed by atoms with van der Waals surface area (Å²) in [4.78, 5) is 2.16. The first-order chi connectivity index (χ1) is 10.9. The fourth-order valence-corrected chi connectivity index (χ4v) is 4.90. The Kier molecular flexibility index (Phi) is 7.00. The quantitative estimate of drug-likeness (QED) is 0.728. The van der Waals surface area contributed by atoms with E-state index in [1.165, 1.54) is 11.3 Å². The van der Waals surface area contributed by atoms with Crippen LogP contribution in [0.3, 0.4) is 0 Å². The van der Waals surface area contributed by atoms with Crippen LogP contribution >= 0.6 is 11.3 Å². The molecular weight excluding hydrogens is 336 g/mol. The second-order valence-corrected chi connectivity index (χ2v) is 9.05. The number of likely N-dealkylation sites (tertiary alicyclic amines) is 1. The Balaban J connectivity index is 1.74. The molecular formula is C15H26N2O4S2. The van der Waals surface area contributed by atoms with Crippen LogP contribution in [0.1, 0.15) is 26.7 Å². The lowest BCUT2D eigenvalue weighted by Gasteiger charge is -2.33. The molecule has 0 spiro atoms. The maximum Gasteiger partial charge on any atom is 0.250 e. The molecule has 2 N–H and O–H groups in total. The molecule has 0 radical (unpaired) electrons. The van der Waals surface area contributed by atoms with Gasteiger partial charge in [0, 0.05) is 12.6 Å². The minimum absolute atomic E-state index is 0.0394. The number of β-amino-alcohol motifs (C(OH)–C–C–N with tert-alkyl or cyclic N) is 1. The third-order valence-electron chi connectivity index (χ3n) is 3.76. The van der Waals surface area contributed by atoms with Crippen molar-refractivity contribution in [2.75, 3.05) is 26.2 Å². The maximum atomic E-state index is 12.2. The zero-order valence-corrected chi connectivity index (χ0v) is 15.3. The molecule has 1 atom stereocenters. The lowest BCUT2D eigenvalue weighted by Crippen LogP contribution is -2.46. The average Bonchev–Trinajstić information content (AvgIpc) is 3.02. The maximum absolute atomic E-state index is 12.2. The van der Waals surface area contributed by atoms with Crippen LogP contribution in [0.15, 0.2) is 21.7 Å². The molecule has 6 nitrogen and oxygen atoms in total. The van der Waals surface area contributed by atoms with Gasteiger partial charge in [0.05, 0.1) is 18.8 Å². The first kappa shape index (κ1) is 18.8. The zero-order valence-electron chi connectivity index (χ0n) is 13.6. The Morgan fingerprint density at radius 1 is 1.43 bits per heavy atom. The van der Waals surface area contributed by atoms with Crippen molar-refractivity contribution in [3.63, 3.8) is 0 Å². The van der Waals surface area contributed by atoms with Crippen LogP contribution in [0.4, 0.5) is 0 Å². The van der Waals surface area contributed by atoms with E-state index in [-0.39, 0.29) is 12.1 Å². The summed E-state index contributed by atoms with van der Waals surface area (Å²) in [6.07, 6.45) is 1.11. The largest absolute Gasteiger partial charge is 0.389 e. The van der Waals surface area contributed by atoms with E-state index in [1.54, 1.807) is 17.5 Å². The number of aliphatic hydroxyl groups is 1. The summed E-state index contributed by atoms with van der Waals surface area (Å²) in [6.45, 7) is 6.34. The van der Waals surface area contributed by atoms with Gasteiger partial charge < -0.3 is 14.7 Å². The number of ether oxygens (including phenoxy) is 1. The number of aliphatic hydroxyl groups excluding tert-OH is 1. The molecule has 0 saturated carbocycles. The van der Waals surface area contributed by atoms with Crippen LogP contribution < -0.4 is 4.72 Å². The molecule has 1 aliphatic heterocycles. The Hall–Kier alpha value is -0.510. The predicted molar refractivity (Wildman–Crippen MR) is 91.2 cm³/mol. The predicted octanol–water partition coefficient (Wildman–Crippen LogP) is 1.28. The van der Waals surface area contributed by atoms with Crippen LogP contribution in [-0.4, -0.2) is 62.9 Å². The number of thiophene rings is 1. The van der Waals surface area contributed by atoms with Gasteiger partial charge in [-0.15, -0.1) is 11.3 Å². The van der Waals surface area contributed by atoms with E-state index < -0.39 is 16.1 Å². The fourth-order valence-electron chi connectivity index (χ4n) is 2.58. The number of nitrogens with one attached hydrogen (secondary N) is 1. The van der Waals surface area contributed by atoms with E-state index in [1.807, 2.05) is 13.8 Å². The standard InChI is InChI=1S/C15H26N2O4S2/c1-12(2)21-11-14(18)10-17-7-5-13(6-8-17)16-23(19,20)15-4-3-9-22-15/h3-4,9,12-14,16,18H,5-8,10-11H2,1-2H3. The molecule has 1 aliphatic rings. The molecule has 2 rings (SSSR count). The molecule has 2 heterocycles. The molecule has 0 amide bonds. The Morgan fingerprint density at radius 2 is 2.13 bits per heavy atom. The summed E-state index contributed by atoms with van der Waals surface area (Å²) in [5.74, 6) is 0. The van der Waals surface area contributed by atoms with Crippen molar-refractivity contribution in [3.05, 3.63) is 17.5 Å². The number of nitrogens with zero attached hydrogens (tertiary/aromatic N) is 1. The van der Waals surface area contributed by atoms with E-state index in [4.69, 9.17) is 4.74 Å². The molecule has 1 aromatic rings. The van der Waals surface area contributed by atoms with Gasteiger partial charge >= 0.3 is 0 Å². The summed E-state index contributed by atoms with van der Waals surface area (Å²) in [5, 5.41) is 11.7. The highest BCUT2D eigenvalue weighted by Crippen LogP contribution is 2.18. The number of piperidine rings is 1. The van der Waals surface area contributed by atoms with E-state index >= 15 is 0 Å². The Morgan fingerprint density at radius 3 is 2.70 bits per heavy atom. The van der Waals surface area contributed by atoms with Gasteiger partial charge in [0.15, 0.2) is 0 Å². The summed E-state index contributed by atoms with van der Waals surface area (Å²) in [6, 6.07) is 3.32. The first-order valence-corrected chi connectivity index (χ1v) is 10.3. The molecule has 1 unspecified atom stereocenters. The molecule has 23 heavy (non-hydrogen) atoms. The molecule has 1 fully saturated rings. The summed E-state index contributed by atoms with van der Waals surface area (Å²) in [7, 11) is -3.39. The lowest BCUT2D eigenvalue weighted by atomic mass is 10.1. The van der Waals surface area contributed by atoms with Crippen molar-refractivity contribution < 1.29 is 18.3 Å². The third-order valence-corrected chi connectivity index (χ3v) is 6.68. The lowest BCUT2D eigenvalue weighted by molar-refractivity contribution is -0.0112. The van der Waals surface area contributed by atoms with E-state index in [9.17, 15) is 13.5 Å². The van der Waals surface area contributed by atoms with Crippen molar-refractivity contribution in [1.82, 2.24) is 9.62 Å². The highest BCUT2D eigenvalue weighted by atomic mass is 32.2. The Labute approximate surface area is 142 Å². The van der Waals surface area contributed by atoms with E-state index in [0.29, 0.717) is 17.4 Å². The smallest absolute Gasteiger partial charge is 0.250 e. The van der Waals surface area contributed by atoms with Crippen molar-refractivity contribution in [1.29, 1.82) is 0 Å². The summed E-state index contributed by atoms with van der Waals surface area (Å²) >= 11 is 1.23. The zero-order chi connectivity index (χ0) is 16.9. The van der Waals surface area contributed by atoms with Crippen molar-refractivity contribution >= 4 is 21.4 Å². The Bertz CT molecular complexity index is 552. The molecule has 0 aliphatic carbocycles. The second-order valence-electron chi connectivity index (χ2n) is 6.16. The molecule has 0 bridgehead atoms. The number of hydrogen-bond acceptors (Lipinski definition) is 6. The molecule has 0 aromatic carbocycles. The molecule has 1 aromatic heterocycles. The van der Waals surface area contributed by atoms with Crippen LogP contribution in [0.5, 0.6) is 0 Å². The SMILES string of the molecule is CC(C)OCC(O)CN1CCC(NS(=O)(=O)c2cccs2)CC1. The van der Waals surface area contributed by atoms with Crippen LogP contribution in [0, 0.1) is 0 Å². The summed E-state index contributed by atoms with van der Waals surface area (Å²) < 4.78 is 32.9. The molecule has 8 heteroatoms. The topological polar surface area (TPSA) is 78.9 Å². The first-order valence-electron chi connectivity index (χ1n) is 7.94. The number of sulfonamides is 1. The average molecular weight is 363 g/mol. The number of hydrogen-bond donors (Lipinski definition) is 2. The van der Waals surface area contributed by atoms with Crippen LogP contribution in [0.2, 0.25) is 0 Å². The highest BCUT2D eigenvalue weighted by molar-refractivity contribution is 7.91. The van der Waals surface area contributed by atoms with Gasteiger partial charge in [0.25, 0.3) is 0 Å². The fraction of sp³-hybridized carbons (Fsp3) is 0.733. The van der Waals surface area contributed by atoms with Gasteiger partial charge in [-0.05, 0) is 51.2 Å². The van der Waals surface area contributed by atoms with Crippen molar-refractivity contribution in [3.8, 4) is 0 Å². The molecule has 1 saturated heterocycles. The van der Waals surface area contributed by atoms with Gasteiger partial charge in [0.2, 0.25) is 10.0 Å².